The minimum atomic E-state index is -1.07. The third-order valence-corrected chi connectivity index (χ3v) is 5.97. The maximum Gasteiger partial charge on any atom is 0.511 e. The van der Waals surface area contributed by atoms with Crippen molar-refractivity contribution in [1.82, 2.24) is 9.80 Å². The quantitative estimate of drug-likeness (QED) is 0.501. The number of piperazine rings is 1. The highest BCUT2D eigenvalue weighted by atomic mass is 16.8. The predicted molar refractivity (Wildman–Crippen MR) is 121 cm³/mol. The summed E-state index contributed by atoms with van der Waals surface area (Å²) in [5, 5.41) is 0. The van der Waals surface area contributed by atoms with E-state index in [2.05, 4.69) is 29.0 Å². The summed E-state index contributed by atoms with van der Waals surface area (Å²) in [4.78, 5) is 29.1. The third kappa shape index (κ3) is 5.29. The zero-order valence-electron chi connectivity index (χ0n) is 19.3. The van der Waals surface area contributed by atoms with Crippen LogP contribution in [0.4, 0.5) is 4.79 Å². The molecule has 2 atom stereocenters. The van der Waals surface area contributed by atoms with Gasteiger partial charge >= 0.3 is 12.1 Å². The second-order valence-electron chi connectivity index (χ2n) is 8.26. The molecule has 8 heteroatoms. The lowest BCUT2D eigenvalue weighted by molar-refractivity contribution is -0.0811. The summed E-state index contributed by atoms with van der Waals surface area (Å²) in [6.07, 6.45) is -1.94. The molecule has 0 saturated carbocycles. The van der Waals surface area contributed by atoms with Gasteiger partial charge in [0.1, 0.15) is 12.4 Å². The molecule has 2 aliphatic rings. The van der Waals surface area contributed by atoms with Crippen LogP contribution in [0.1, 0.15) is 46.9 Å². The van der Waals surface area contributed by atoms with Crippen LogP contribution in [-0.2, 0) is 20.8 Å². The summed E-state index contributed by atoms with van der Waals surface area (Å²) >= 11 is 0. The van der Waals surface area contributed by atoms with Gasteiger partial charge in [0, 0.05) is 38.7 Å². The molecular formula is C25H30N2O6. The van der Waals surface area contributed by atoms with Crippen LogP contribution in [0.25, 0.3) is 0 Å². The van der Waals surface area contributed by atoms with E-state index < -0.39 is 18.4 Å². The second kappa shape index (κ2) is 10.2. The largest absolute Gasteiger partial charge is 0.511 e. The second-order valence-corrected chi connectivity index (χ2v) is 8.26. The molecule has 2 aliphatic heterocycles. The normalized spacial score (nSPS) is 19.3. The molecule has 33 heavy (non-hydrogen) atoms. The van der Waals surface area contributed by atoms with E-state index in [0.29, 0.717) is 12.2 Å². The number of likely N-dealkylation sites (N-methyl/N-ethyl adjacent to an activating group) is 1. The number of hydrogen-bond acceptors (Lipinski definition) is 8. The van der Waals surface area contributed by atoms with E-state index in [4.69, 9.17) is 18.9 Å². The van der Waals surface area contributed by atoms with E-state index in [0.717, 1.165) is 43.1 Å². The average molecular weight is 455 g/mol. The minimum absolute atomic E-state index is 0.0339. The minimum Gasteiger partial charge on any atom is -0.489 e. The fourth-order valence-corrected chi connectivity index (χ4v) is 4.28. The molecule has 0 aliphatic carbocycles. The van der Waals surface area contributed by atoms with Gasteiger partial charge in [-0.1, -0.05) is 24.3 Å². The summed E-state index contributed by atoms with van der Waals surface area (Å²) in [5.74, 6) is 0.173. The first-order chi connectivity index (χ1) is 16.0. The van der Waals surface area contributed by atoms with Crippen LogP contribution in [0.15, 0.2) is 42.5 Å². The van der Waals surface area contributed by atoms with Crippen molar-refractivity contribution in [3.63, 3.8) is 0 Å². The molecule has 176 valence electrons. The molecule has 0 bridgehead atoms. The molecular weight excluding hydrogens is 424 g/mol. The van der Waals surface area contributed by atoms with Crippen LogP contribution >= 0.6 is 0 Å². The van der Waals surface area contributed by atoms with Gasteiger partial charge in [-0.05, 0) is 43.3 Å². The lowest BCUT2D eigenvalue weighted by atomic mass is 9.92. The van der Waals surface area contributed by atoms with Crippen molar-refractivity contribution in [2.24, 2.45) is 0 Å². The summed E-state index contributed by atoms with van der Waals surface area (Å²) < 4.78 is 21.1. The first-order valence-corrected chi connectivity index (χ1v) is 11.3. The van der Waals surface area contributed by atoms with Crippen molar-refractivity contribution in [1.29, 1.82) is 0 Å². The van der Waals surface area contributed by atoms with Crippen molar-refractivity contribution >= 4 is 12.1 Å². The Bertz CT molecular complexity index is 1000. The number of nitrogens with zero attached hydrogens (tertiary/aromatic N) is 2. The molecule has 2 aromatic carbocycles. The molecule has 0 spiro atoms. The van der Waals surface area contributed by atoms with Gasteiger partial charge in [0.05, 0.1) is 18.2 Å². The van der Waals surface area contributed by atoms with Crippen LogP contribution in [0.5, 0.6) is 5.75 Å². The monoisotopic (exact) mass is 454 g/mol. The fraction of sp³-hybridized carbons (Fsp3) is 0.440. The van der Waals surface area contributed by atoms with Gasteiger partial charge < -0.3 is 23.8 Å². The highest BCUT2D eigenvalue weighted by Crippen LogP contribution is 2.40. The third-order valence-electron chi connectivity index (χ3n) is 5.97. The molecule has 0 radical (unpaired) electrons. The Morgan fingerprint density at radius 2 is 1.82 bits per heavy atom. The van der Waals surface area contributed by atoms with Crippen LogP contribution in [-0.4, -0.2) is 68.0 Å². The van der Waals surface area contributed by atoms with Crippen molar-refractivity contribution in [3.05, 3.63) is 64.7 Å². The Morgan fingerprint density at radius 3 is 2.58 bits per heavy atom. The van der Waals surface area contributed by atoms with E-state index in [1.807, 2.05) is 24.3 Å². The average Bonchev–Trinajstić information content (AvgIpc) is 2.96. The number of carbonyl (C=O) groups is 2. The van der Waals surface area contributed by atoms with Gasteiger partial charge in [0.2, 0.25) is 6.29 Å². The lowest BCUT2D eigenvalue weighted by Gasteiger charge is -2.38. The van der Waals surface area contributed by atoms with Gasteiger partial charge in [-0.3, -0.25) is 4.90 Å². The molecule has 0 N–H and O–H groups in total. The number of benzene rings is 2. The van der Waals surface area contributed by atoms with Crippen LogP contribution in [0.3, 0.4) is 0 Å². The number of fused-ring (bicyclic) bond motifs is 2. The molecule has 1 saturated heterocycles. The van der Waals surface area contributed by atoms with Gasteiger partial charge in [-0.15, -0.1) is 0 Å². The van der Waals surface area contributed by atoms with E-state index in [1.54, 1.807) is 13.0 Å². The number of carbonyl (C=O) groups excluding carboxylic acids is 2. The molecule has 0 aromatic heterocycles. The van der Waals surface area contributed by atoms with E-state index in [-0.39, 0.29) is 12.6 Å². The van der Waals surface area contributed by atoms with Crippen molar-refractivity contribution in [3.8, 4) is 5.75 Å². The fourth-order valence-electron chi connectivity index (χ4n) is 4.28. The highest BCUT2D eigenvalue weighted by molar-refractivity contribution is 5.90. The Labute approximate surface area is 194 Å². The predicted octanol–water partition coefficient (Wildman–Crippen LogP) is 3.59. The molecule has 0 amide bonds. The zero-order valence-corrected chi connectivity index (χ0v) is 19.3. The van der Waals surface area contributed by atoms with Crippen molar-refractivity contribution in [2.75, 3.05) is 39.8 Å². The standard InChI is InChI=1S/C25H30N2O6/c1-4-30-25(29)33-17(2)32-24(28)18-9-10-22-21(15-18)23(27-13-11-26(3)12-14-27)20-8-6-5-7-19(20)16-31-22/h5-10,15,17,23H,4,11-14,16H2,1-3H3. The maximum atomic E-state index is 12.8. The topological polar surface area (TPSA) is 77.5 Å². The van der Waals surface area contributed by atoms with Gasteiger partial charge in [0.15, 0.2) is 0 Å². The Kier molecular flexibility index (Phi) is 7.15. The van der Waals surface area contributed by atoms with Gasteiger partial charge in [0.25, 0.3) is 0 Å². The maximum absolute atomic E-state index is 12.8. The number of rotatable bonds is 5. The van der Waals surface area contributed by atoms with Crippen LogP contribution in [0.2, 0.25) is 0 Å². The van der Waals surface area contributed by atoms with E-state index in [1.165, 1.54) is 12.5 Å². The number of esters is 1. The summed E-state index contributed by atoms with van der Waals surface area (Å²) in [5.41, 5.74) is 3.62. The zero-order chi connectivity index (χ0) is 23.4. The molecule has 1 fully saturated rings. The van der Waals surface area contributed by atoms with Crippen molar-refractivity contribution in [2.45, 2.75) is 32.8 Å². The smallest absolute Gasteiger partial charge is 0.489 e. The number of ether oxygens (including phenoxy) is 4. The Hall–Kier alpha value is -3.10. The molecule has 8 nitrogen and oxygen atoms in total. The number of hydrogen-bond donors (Lipinski definition) is 0. The molecule has 2 heterocycles. The van der Waals surface area contributed by atoms with E-state index >= 15 is 0 Å². The molecule has 2 unspecified atom stereocenters. The lowest BCUT2D eigenvalue weighted by Crippen LogP contribution is -2.46. The highest BCUT2D eigenvalue weighted by Gasteiger charge is 2.32. The Balaban J connectivity index is 1.63. The summed E-state index contributed by atoms with van der Waals surface area (Å²) in [6, 6.07) is 13.6. The van der Waals surface area contributed by atoms with Crippen LogP contribution < -0.4 is 4.74 Å². The van der Waals surface area contributed by atoms with E-state index in [9.17, 15) is 9.59 Å². The first kappa shape index (κ1) is 23.1. The van der Waals surface area contributed by atoms with Crippen LogP contribution in [0, 0.1) is 0 Å². The van der Waals surface area contributed by atoms with Gasteiger partial charge in [-0.2, -0.15) is 0 Å². The Morgan fingerprint density at radius 1 is 1.06 bits per heavy atom. The first-order valence-electron chi connectivity index (χ1n) is 11.3. The SMILES string of the molecule is CCOC(=O)OC(C)OC(=O)c1ccc2c(c1)C(N1CCN(C)CC1)c1ccccc1CO2. The molecule has 2 aromatic rings. The van der Waals surface area contributed by atoms with Crippen molar-refractivity contribution < 1.29 is 28.5 Å². The molecule has 4 rings (SSSR count). The summed E-state index contributed by atoms with van der Waals surface area (Å²) in [6.45, 7) is 7.57. The summed E-state index contributed by atoms with van der Waals surface area (Å²) in [7, 11) is 2.13. The van der Waals surface area contributed by atoms with Gasteiger partial charge in [-0.25, -0.2) is 9.59 Å².